The van der Waals surface area contributed by atoms with Gasteiger partial charge in [0.15, 0.2) is 0 Å². The van der Waals surface area contributed by atoms with E-state index >= 15 is 0 Å². The molecule has 4 rings (SSSR count). The van der Waals surface area contributed by atoms with Gasteiger partial charge in [0.05, 0.1) is 28.8 Å². The van der Waals surface area contributed by atoms with E-state index in [4.69, 9.17) is 4.98 Å². The molecule has 1 aliphatic rings. The summed E-state index contributed by atoms with van der Waals surface area (Å²) in [6.45, 7) is 6.33. The lowest BCUT2D eigenvalue weighted by Crippen LogP contribution is -2.38. The number of para-hydroxylation sites is 3. The van der Waals surface area contributed by atoms with Crippen LogP contribution in [0.1, 0.15) is 44.1 Å². The fourth-order valence-electron chi connectivity index (χ4n) is 4.41. The van der Waals surface area contributed by atoms with Crippen LogP contribution in [0, 0.1) is 5.92 Å². The van der Waals surface area contributed by atoms with Gasteiger partial charge in [-0.05, 0) is 64.0 Å². The van der Waals surface area contributed by atoms with E-state index < -0.39 is 11.7 Å². The number of rotatable bonds is 5. The van der Waals surface area contributed by atoms with E-state index in [0.29, 0.717) is 32.5 Å². The molecule has 0 saturated carbocycles. The molecule has 1 amide bonds. The molecule has 0 aliphatic carbocycles. The van der Waals surface area contributed by atoms with Crippen LogP contribution in [-0.2, 0) is 17.5 Å². The van der Waals surface area contributed by atoms with Crippen molar-refractivity contribution < 1.29 is 18.0 Å². The van der Waals surface area contributed by atoms with Crippen LogP contribution >= 0.6 is 0 Å². The second-order valence-corrected chi connectivity index (χ2v) is 8.56. The molecule has 0 unspecified atom stereocenters. The molecule has 1 aliphatic heterocycles. The van der Waals surface area contributed by atoms with Gasteiger partial charge in [-0.1, -0.05) is 24.3 Å². The van der Waals surface area contributed by atoms with Crippen LogP contribution in [0.3, 0.4) is 0 Å². The van der Waals surface area contributed by atoms with E-state index in [0.717, 1.165) is 22.9 Å². The van der Waals surface area contributed by atoms with E-state index in [2.05, 4.69) is 34.7 Å². The highest BCUT2D eigenvalue weighted by molar-refractivity contribution is 5.93. The smallest absolute Gasteiger partial charge is 0.325 e. The predicted molar refractivity (Wildman–Crippen MR) is 118 cm³/mol. The average Bonchev–Trinajstić information content (AvgIpc) is 3.12. The summed E-state index contributed by atoms with van der Waals surface area (Å²) in [6, 6.07) is 13.4. The lowest BCUT2D eigenvalue weighted by atomic mass is 9.95. The number of carbonyl (C=O) groups excluding carboxylic acids is 1. The quantitative estimate of drug-likeness (QED) is 0.566. The average molecular weight is 445 g/mol. The fraction of sp³-hybridized carbons (Fsp3) is 0.417. The Kier molecular flexibility index (Phi) is 6.24. The lowest BCUT2D eigenvalue weighted by molar-refractivity contribution is -0.137. The number of alkyl halides is 3. The third-order valence-electron chi connectivity index (χ3n) is 6.00. The Bertz CT molecular complexity index is 1100. The molecule has 1 aromatic heterocycles. The Balaban J connectivity index is 1.40. The van der Waals surface area contributed by atoms with Crippen LogP contribution < -0.4 is 5.32 Å². The van der Waals surface area contributed by atoms with Crippen molar-refractivity contribution in [3.63, 3.8) is 0 Å². The highest BCUT2D eigenvalue weighted by Crippen LogP contribution is 2.35. The maximum atomic E-state index is 13.2. The number of nitrogens with zero attached hydrogens (tertiary/aromatic N) is 3. The fourth-order valence-corrected chi connectivity index (χ4v) is 4.41. The summed E-state index contributed by atoms with van der Waals surface area (Å²) < 4.78 is 41.8. The van der Waals surface area contributed by atoms with Gasteiger partial charge in [0.1, 0.15) is 5.82 Å². The van der Waals surface area contributed by atoms with E-state index in [-0.39, 0.29) is 23.6 Å². The number of anilines is 1. The second kappa shape index (κ2) is 8.94. The van der Waals surface area contributed by atoms with E-state index in [1.807, 2.05) is 18.2 Å². The molecule has 0 atom stereocenters. The van der Waals surface area contributed by atoms with Crippen molar-refractivity contribution in [1.29, 1.82) is 0 Å². The maximum absolute atomic E-state index is 13.2. The molecular formula is C24H27F3N4O. The molecular weight excluding hydrogens is 417 g/mol. The van der Waals surface area contributed by atoms with Crippen LogP contribution in [0.25, 0.3) is 11.0 Å². The first kappa shape index (κ1) is 22.3. The topological polar surface area (TPSA) is 50.2 Å². The van der Waals surface area contributed by atoms with Crippen molar-refractivity contribution in [3.8, 4) is 0 Å². The summed E-state index contributed by atoms with van der Waals surface area (Å²) in [6.07, 6.45) is -3.31. The summed E-state index contributed by atoms with van der Waals surface area (Å²) in [5.74, 6) is 0.329. The minimum atomic E-state index is -4.50. The summed E-state index contributed by atoms with van der Waals surface area (Å²) in [5.41, 5.74) is 1.07. The SMILES string of the molecule is CC(C)n1c(CN2CCC(C(=O)Nc3ccccc3C(F)(F)F)CC2)nc2ccccc21. The Labute approximate surface area is 185 Å². The Morgan fingerprint density at radius 3 is 2.44 bits per heavy atom. The zero-order chi connectivity index (χ0) is 22.9. The van der Waals surface area contributed by atoms with Gasteiger partial charge in [-0.2, -0.15) is 13.2 Å². The highest BCUT2D eigenvalue weighted by Gasteiger charge is 2.34. The van der Waals surface area contributed by atoms with Crippen LogP contribution in [0.4, 0.5) is 18.9 Å². The number of imidazole rings is 1. The molecule has 2 aromatic carbocycles. The van der Waals surface area contributed by atoms with Gasteiger partial charge in [-0.15, -0.1) is 0 Å². The van der Waals surface area contributed by atoms with Crippen molar-refractivity contribution >= 4 is 22.6 Å². The zero-order valence-electron chi connectivity index (χ0n) is 18.2. The minimum Gasteiger partial charge on any atom is -0.325 e. The Morgan fingerprint density at radius 2 is 1.75 bits per heavy atom. The molecule has 0 radical (unpaired) electrons. The number of nitrogens with one attached hydrogen (secondary N) is 1. The number of benzene rings is 2. The second-order valence-electron chi connectivity index (χ2n) is 8.56. The molecule has 8 heteroatoms. The van der Waals surface area contributed by atoms with Gasteiger partial charge in [-0.3, -0.25) is 9.69 Å². The zero-order valence-corrected chi connectivity index (χ0v) is 18.2. The van der Waals surface area contributed by atoms with Gasteiger partial charge in [0, 0.05) is 12.0 Å². The molecule has 32 heavy (non-hydrogen) atoms. The summed E-state index contributed by atoms with van der Waals surface area (Å²) in [5, 5.41) is 2.50. The third-order valence-corrected chi connectivity index (χ3v) is 6.00. The van der Waals surface area contributed by atoms with Crippen molar-refractivity contribution in [3.05, 3.63) is 59.9 Å². The number of carbonyl (C=O) groups is 1. The third kappa shape index (κ3) is 4.65. The summed E-state index contributed by atoms with van der Waals surface area (Å²) in [7, 11) is 0. The first-order chi connectivity index (χ1) is 15.2. The van der Waals surface area contributed by atoms with Gasteiger partial charge >= 0.3 is 6.18 Å². The highest BCUT2D eigenvalue weighted by atomic mass is 19.4. The number of fused-ring (bicyclic) bond motifs is 1. The number of halogens is 3. The van der Waals surface area contributed by atoms with E-state index in [1.165, 1.54) is 18.2 Å². The largest absolute Gasteiger partial charge is 0.418 e. The Hall–Kier alpha value is -2.87. The number of piperidine rings is 1. The van der Waals surface area contributed by atoms with E-state index in [1.54, 1.807) is 0 Å². The number of hydrogen-bond donors (Lipinski definition) is 1. The first-order valence-corrected chi connectivity index (χ1v) is 10.9. The maximum Gasteiger partial charge on any atom is 0.418 e. The minimum absolute atomic E-state index is 0.182. The Morgan fingerprint density at radius 1 is 1.09 bits per heavy atom. The van der Waals surface area contributed by atoms with Gasteiger partial charge in [0.25, 0.3) is 0 Å². The molecule has 1 saturated heterocycles. The monoisotopic (exact) mass is 444 g/mol. The van der Waals surface area contributed by atoms with Crippen LogP contribution in [-0.4, -0.2) is 33.4 Å². The summed E-state index contributed by atoms with van der Waals surface area (Å²) >= 11 is 0. The molecule has 170 valence electrons. The molecule has 0 bridgehead atoms. The number of amides is 1. The van der Waals surface area contributed by atoms with E-state index in [9.17, 15) is 18.0 Å². The predicted octanol–water partition coefficient (Wildman–Crippen LogP) is 5.49. The van der Waals surface area contributed by atoms with Gasteiger partial charge < -0.3 is 9.88 Å². The standard InChI is InChI=1S/C24H27F3N4O/c1-16(2)31-21-10-6-5-9-20(21)28-22(31)15-30-13-11-17(12-14-30)23(32)29-19-8-4-3-7-18(19)24(25,26)27/h3-10,16-17H,11-15H2,1-2H3,(H,29,32). The molecule has 2 heterocycles. The van der Waals surface area contributed by atoms with Gasteiger partial charge in [-0.25, -0.2) is 4.98 Å². The lowest BCUT2D eigenvalue weighted by Gasteiger charge is -2.31. The van der Waals surface area contributed by atoms with Crippen molar-refractivity contribution in [1.82, 2.24) is 14.5 Å². The normalized spacial score (nSPS) is 16.1. The first-order valence-electron chi connectivity index (χ1n) is 10.9. The molecule has 1 N–H and O–H groups in total. The van der Waals surface area contributed by atoms with Crippen LogP contribution in [0.15, 0.2) is 48.5 Å². The molecule has 5 nitrogen and oxygen atoms in total. The van der Waals surface area contributed by atoms with Gasteiger partial charge in [0.2, 0.25) is 5.91 Å². The number of aromatic nitrogens is 2. The van der Waals surface area contributed by atoms with Crippen LogP contribution in [0.2, 0.25) is 0 Å². The number of hydrogen-bond acceptors (Lipinski definition) is 3. The molecule has 1 fully saturated rings. The van der Waals surface area contributed by atoms with Crippen molar-refractivity contribution in [2.75, 3.05) is 18.4 Å². The van der Waals surface area contributed by atoms with Crippen molar-refractivity contribution in [2.45, 2.75) is 45.5 Å². The van der Waals surface area contributed by atoms with Crippen LogP contribution in [0.5, 0.6) is 0 Å². The molecule has 0 spiro atoms. The summed E-state index contributed by atoms with van der Waals surface area (Å²) in [4.78, 5) is 19.7. The molecule has 3 aromatic rings. The van der Waals surface area contributed by atoms with Crippen molar-refractivity contribution in [2.24, 2.45) is 5.92 Å². The number of likely N-dealkylation sites (tertiary alicyclic amines) is 1.